The zero-order chi connectivity index (χ0) is 10.5. The summed E-state index contributed by atoms with van der Waals surface area (Å²) in [4.78, 5) is 3.97. The van der Waals surface area contributed by atoms with Gasteiger partial charge in [-0.25, -0.2) is 4.98 Å². The average molecular weight is 223 g/mol. The Balaban J connectivity index is 1.81. The average Bonchev–Trinajstić information content (AvgIpc) is 2.28. The molecule has 0 amide bonds. The van der Waals surface area contributed by atoms with E-state index in [1.807, 2.05) is 12.1 Å². The van der Waals surface area contributed by atoms with Gasteiger partial charge in [-0.3, -0.25) is 0 Å². The SMILES string of the molecule is Nc1cc(NCC2CCSCC2)ccn1. The fraction of sp³-hybridized carbons (Fsp3) is 0.545. The summed E-state index contributed by atoms with van der Waals surface area (Å²) >= 11 is 2.06. The molecular weight excluding hydrogens is 206 g/mol. The highest BCUT2D eigenvalue weighted by molar-refractivity contribution is 7.99. The highest BCUT2D eigenvalue weighted by Crippen LogP contribution is 2.23. The molecule has 3 nitrogen and oxygen atoms in total. The number of anilines is 2. The summed E-state index contributed by atoms with van der Waals surface area (Å²) < 4.78 is 0. The highest BCUT2D eigenvalue weighted by atomic mass is 32.2. The van der Waals surface area contributed by atoms with E-state index in [1.54, 1.807) is 6.20 Å². The minimum Gasteiger partial charge on any atom is -0.385 e. The van der Waals surface area contributed by atoms with Crippen LogP contribution in [0.15, 0.2) is 18.3 Å². The van der Waals surface area contributed by atoms with E-state index in [4.69, 9.17) is 5.73 Å². The number of aromatic nitrogens is 1. The normalized spacial score (nSPS) is 17.6. The van der Waals surface area contributed by atoms with Crippen molar-refractivity contribution in [1.82, 2.24) is 4.98 Å². The van der Waals surface area contributed by atoms with Gasteiger partial charge in [-0.15, -0.1) is 0 Å². The number of hydrogen-bond donors (Lipinski definition) is 2. The molecule has 82 valence electrons. The van der Waals surface area contributed by atoms with Crippen molar-refractivity contribution in [1.29, 1.82) is 0 Å². The molecule has 1 saturated heterocycles. The van der Waals surface area contributed by atoms with Crippen LogP contribution in [-0.2, 0) is 0 Å². The number of nitrogen functional groups attached to an aromatic ring is 1. The monoisotopic (exact) mass is 223 g/mol. The van der Waals surface area contributed by atoms with Gasteiger partial charge in [-0.2, -0.15) is 11.8 Å². The van der Waals surface area contributed by atoms with Crippen molar-refractivity contribution in [3.63, 3.8) is 0 Å². The summed E-state index contributed by atoms with van der Waals surface area (Å²) in [5.74, 6) is 4.02. The number of rotatable bonds is 3. The fourth-order valence-electron chi connectivity index (χ4n) is 1.77. The molecule has 0 aliphatic carbocycles. The molecule has 1 aliphatic heterocycles. The van der Waals surface area contributed by atoms with E-state index in [9.17, 15) is 0 Å². The van der Waals surface area contributed by atoms with Crippen molar-refractivity contribution in [2.75, 3.05) is 29.1 Å². The molecule has 0 bridgehead atoms. The Labute approximate surface area is 94.8 Å². The van der Waals surface area contributed by atoms with Crippen LogP contribution in [0.5, 0.6) is 0 Å². The molecule has 0 unspecified atom stereocenters. The molecule has 2 rings (SSSR count). The molecule has 3 N–H and O–H groups in total. The van der Waals surface area contributed by atoms with Crippen molar-refractivity contribution in [2.45, 2.75) is 12.8 Å². The van der Waals surface area contributed by atoms with Crippen LogP contribution in [0.4, 0.5) is 11.5 Å². The molecule has 1 fully saturated rings. The summed E-state index contributed by atoms with van der Waals surface area (Å²) in [5.41, 5.74) is 6.70. The fourth-order valence-corrected chi connectivity index (χ4v) is 2.98. The summed E-state index contributed by atoms with van der Waals surface area (Å²) in [6.07, 6.45) is 4.41. The Morgan fingerprint density at radius 2 is 2.27 bits per heavy atom. The Morgan fingerprint density at radius 1 is 1.47 bits per heavy atom. The van der Waals surface area contributed by atoms with Crippen molar-refractivity contribution in [3.05, 3.63) is 18.3 Å². The van der Waals surface area contributed by atoms with Gasteiger partial charge in [-0.1, -0.05) is 0 Å². The number of hydrogen-bond acceptors (Lipinski definition) is 4. The Morgan fingerprint density at radius 3 is 3.00 bits per heavy atom. The van der Waals surface area contributed by atoms with Crippen LogP contribution < -0.4 is 11.1 Å². The van der Waals surface area contributed by atoms with Crippen molar-refractivity contribution < 1.29 is 0 Å². The molecule has 4 heteroatoms. The van der Waals surface area contributed by atoms with E-state index in [-0.39, 0.29) is 0 Å². The van der Waals surface area contributed by atoms with Gasteiger partial charge in [0.05, 0.1) is 0 Å². The van der Waals surface area contributed by atoms with Crippen molar-refractivity contribution in [3.8, 4) is 0 Å². The van der Waals surface area contributed by atoms with Crippen molar-refractivity contribution in [2.24, 2.45) is 5.92 Å². The summed E-state index contributed by atoms with van der Waals surface area (Å²) in [6, 6.07) is 3.85. The maximum Gasteiger partial charge on any atom is 0.125 e. The van der Waals surface area contributed by atoms with E-state index in [0.29, 0.717) is 5.82 Å². The minimum absolute atomic E-state index is 0.583. The van der Waals surface area contributed by atoms with Crippen molar-refractivity contribution >= 4 is 23.3 Å². The lowest BCUT2D eigenvalue weighted by molar-refractivity contribution is 0.516. The first-order valence-corrected chi connectivity index (χ1v) is 6.53. The van der Waals surface area contributed by atoms with Gasteiger partial charge in [-0.05, 0) is 36.3 Å². The van der Waals surface area contributed by atoms with Crippen LogP contribution in [0.2, 0.25) is 0 Å². The lowest BCUT2D eigenvalue weighted by atomic mass is 10.0. The van der Waals surface area contributed by atoms with Gasteiger partial charge in [0.2, 0.25) is 0 Å². The van der Waals surface area contributed by atoms with Gasteiger partial charge in [0.15, 0.2) is 0 Å². The van der Waals surface area contributed by atoms with Gasteiger partial charge in [0.25, 0.3) is 0 Å². The number of thioether (sulfide) groups is 1. The van der Waals surface area contributed by atoms with Crippen LogP contribution in [0.25, 0.3) is 0 Å². The first kappa shape index (κ1) is 10.6. The molecule has 2 heterocycles. The van der Waals surface area contributed by atoms with Crippen LogP contribution in [-0.4, -0.2) is 23.0 Å². The second kappa shape index (κ2) is 5.26. The molecule has 0 spiro atoms. The quantitative estimate of drug-likeness (QED) is 0.825. The smallest absolute Gasteiger partial charge is 0.125 e. The third kappa shape index (κ3) is 3.30. The predicted octanol–water partition coefficient (Wildman–Crippen LogP) is 2.22. The maximum absolute atomic E-state index is 5.61. The van der Waals surface area contributed by atoms with Gasteiger partial charge < -0.3 is 11.1 Å². The van der Waals surface area contributed by atoms with Crippen LogP contribution >= 0.6 is 11.8 Å². The summed E-state index contributed by atoms with van der Waals surface area (Å²) in [6.45, 7) is 1.06. The number of nitrogens with two attached hydrogens (primary N) is 1. The molecule has 0 radical (unpaired) electrons. The molecule has 1 aromatic heterocycles. The van der Waals surface area contributed by atoms with Crippen LogP contribution in [0, 0.1) is 5.92 Å². The molecule has 0 saturated carbocycles. The molecular formula is C11H17N3S. The third-order valence-corrected chi connectivity index (χ3v) is 3.77. The first-order chi connectivity index (χ1) is 7.34. The topological polar surface area (TPSA) is 50.9 Å². The number of nitrogens with one attached hydrogen (secondary N) is 1. The Hall–Kier alpha value is -0.900. The number of pyridine rings is 1. The largest absolute Gasteiger partial charge is 0.385 e. The first-order valence-electron chi connectivity index (χ1n) is 5.38. The van der Waals surface area contributed by atoms with Crippen LogP contribution in [0.3, 0.4) is 0 Å². The van der Waals surface area contributed by atoms with E-state index in [2.05, 4.69) is 22.1 Å². The second-order valence-corrected chi connectivity index (χ2v) is 5.13. The predicted molar refractivity (Wildman–Crippen MR) is 67.2 cm³/mol. The zero-order valence-electron chi connectivity index (χ0n) is 8.78. The third-order valence-electron chi connectivity index (χ3n) is 2.72. The van der Waals surface area contributed by atoms with E-state index in [1.165, 1.54) is 24.3 Å². The lowest BCUT2D eigenvalue weighted by Crippen LogP contribution is -2.19. The molecule has 0 atom stereocenters. The van der Waals surface area contributed by atoms with Gasteiger partial charge in [0.1, 0.15) is 5.82 Å². The summed E-state index contributed by atoms with van der Waals surface area (Å²) in [5, 5.41) is 3.43. The van der Waals surface area contributed by atoms with E-state index >= 15 is 0 Å². The minimum atomic E-state index is 0.583. The van der Waals surface area contributed by atoms with Gasteiger partial charge in [0, 0.05) is 24.5 Å². The second-order valence-electron chi connectivity index (χ2n) is 3.91. The van der Waals surface area contributed by atoms with Gasteiger partial charge >= 0.3 is 0 Å². The lowest BCUT2D eigenvalue weighted by Gasteiger charge is -2.22. The molecule has 15 heavy (non-hydrogen) atoms. The highest BCUT2D eigenvalue weighted by Gasteiger charge is 2.12. The standard InChI is InChI=1S/C11H17N3S/c12-11-7-10(1-4-13-11)14-8-9-2-5-15-6-3-9/h1,4,7,9H,2-3,5-6,8H2,(H3,12,13,14). The van der Waals surface area contributed by atoms with E-state index < -0.39 is 0 Å². The Bertz CT molecular complexity index is 310. The van der Waals surface area contributed by atoms with Crippen LogP contribution in [0.1, 0.15) is 12.8 Å². The zero-order valence-corrected chi connectivity index (χ0v) is 9.59. The summed E-state index contributed by atoms with van der Waals surface area (Å²) in [7, 11) is 0. The Kier molecular flexibility index (Phi) is 3.72. The maximum atomic E-state index is 5.61. The molecule has 0 aromatic carbocycles. The van der Waals surface area contributed by atoms with E-state index in [0.717, 1.165) is 18.2 Å². The molecule has 1 aliphatic rings. The molecule has 1 aromatic rings. The number of nitrogens with zero attached hydrogens (tertiary/aromatic N) is 1.